The molecule has 2 unspecified atom stereocenters. The zero-order valence-corrected chi connectivity index (χ0v) is 13.1. The van der Waals surface area contributed by atoms with Gasteiger partial charge in [-0.2, -0.15) is 0 Å². The maximum Gasteiger partial charge on any atom is 0.0328 e. The molecule has 1 heteroatoms. The van der Waals surface area contributed by atoms with Crippen molar-refractivity contribution in [3.63, 3.8) is 0 Å². The second kappa shape index (κ2) is 5.52. The van der Waals surface area contributed by atoms with Gasteiger partial charge in [0, 0.05) is 6.04 Å². The summed E-state index contributed by atoms with van der Waals surface area (Å²) in [5.41, 5.74) is 11.6. The third-order valence-corrected chi connectivity index (χ3v) is 5.78. The highest BCUT2D eigenvalue weighted by Gasteiger charge is 2.36. The molecule has 1 aromatic rings. The molecule has 0 radical (unpaired) electrons. The molecule has 0 amide bonds. The van der Waals surface area contributed by atoms with E-state index in [9.17, 15) is 0 Å². The normalized spacial score (nSPS) is 26.9. The van der Waals surface area contributed by atoms with Gasteiger partial charge in [-0.25, -0.2) is 0 Å². The summed E-state index contributed by atoms with van der Waals surface area (Å²) in [5, 5.41) is 0. The standard InChI is InChI=1S/C19H29N/c1-19(2)12-6-5-9-17(19)18(20)16-11-10-14-7-3-4-8-15(14)13-16/h10-11,13,17-18H,3-9,12,20H2,1-2H3. The van der Waals surface area contributed by atoms with Gasteiger partial charge in [-0.05, 0) is 66.5 Å². The van der Waals surface area contributed by atoms with Crippen LogP contribution in [0.5, 0.6) is 0 Å². The van der Waals surface area contributed by atoms with E-state index in [1.54, 1.807) is 11.1 Å². The number of nitrogens with two attached hydrogens (primary N) is 1. The summed E-state index contributed by atoms with van der Waals surface area (Å²) >= 11 is 0. The SMILES string of the molecule is CC1(C)CCCCC1C(N)c1ccc2c(c1)CCCC2. The molecule has 1 aromatic carbocycles. The van der Waals surface area contributed by atoms with Crippen molar-refractivity contribution in [2.24, 2.45) is 17.1 Å². The van der Waals surface area contributed by atoms with Gasteiger partial charge in [0.2, 0.25) is 0 Å². The van der Waals surface area contributed by atoms with Crippen molar-refractivity contribution in [2.75, 3.05) is 0 Å². The molecule has 0 heterocycles. The van der Waals surface area contributed by atoms with Crippen LogP contribution in [0.2, 0.25) is 0 Å². The second-order valence-corrected chi connectivity index (χ2v) is 7.60. The maximum absolute atomic E-state index is 6.68. The van der Waals surface area contributed by atoms with E-state index >= 15 is 0 Å². The summed E-state index contributed by atoms with van der Waals surface area (Å²) in [7, 11) is 0. The number of aryl methyl sites for hydroxylation is 2. The number of benzene rings is 1. The fraction of sp³-hybridized carbons (Fsp3) is 0.684. The van der Waals surface area contributed by atoms with Crippen LogP contribution in [0.1, 0.15) is 75.1 Å². The molecule has 1 fully saturated rings. The fourth-order valence-electron chi connectivity index (χ4n) is 4.38. The number of fused-ring (bicyclic) bond motifs is 1. The summed E-state index contributed by atoms with van der Waals surface area (Å²) in [5.74, 6) is 0.637. The quantitative estimate of drug-likeness (QED) is 0.823. The van der Waals surface area contributed by atoms with Gasteiger partial charge >= 0.3 is 0 Å². The van der Waals surface area contributed by atoms with Crippen molar-refractivity contribution < 1.29 is 0 Å². The van der Waals surface area contributed by atoms with Crippen molar-refractivity contribution in [1.29, 1.82) is 0 Å². The van der Waals surface area contributed by atoms with Crippen LogP contribution in [0, 0.1) is 11.3 Å². The van der Waals surface area contributed by atoms with E-state index in [2.05, 4.69) is 32.0 Å². The van der Waals surface area contributed by atoms with Crippen LogP contribution < -0.4 is 5.73 Å². The largest absolute Gasteiger partial charge is 0.324 e. The monoisotopic (exact) mass is 271 g/mol. The zero-order valence-electron chi connectivity index (χ0n) is 13.1. The van der Waals surface area contributed by atoms with Gasteiger partial charge in [0.15, 0.2) is 0 Å². The van der Waals surface area contributed by atoms with E-state index in [1.807, 2.05) is 0 Å². The van der Waals surface area contributed by atoms with Crippen LogP contribution in [-0.2, 0) is 12.8 Å². The van der Waals surface area contributed by atoms with Gasteiger partial charge < -0.3 is 5.73 Å². The summed E-state index contributed by atoms with van der Waals surface area (Å²) < 4.78 is 0. The molecule has 1 nitrogen and oxygen atoms in total. The molecule has 2 aliphatic carbocycles. The average Bonchev–Trinajstić information content (AvgIpc) is 2.45. The molecule has 0 aliphatic heterocycles. The Bertz CT molecular complexity index is 475. The van der Waals surface area contributed by atoms with Gasteiger partial charge in [-0.3, -0.25) is 0 Å². The molecule has 0 spiro atoms. The summed E-state index contributed by atoms with van der Waals surface area (Å²) in [6, 6.07) is 7.29. The molecule has 0 saturated heterocycles. The number of hydrogen-bond acceptors (Lipinski definition) is 1. The Morgan fingerprint density at radius 1 is 1.05 bits per heavy atom. The Labute approximate surface area is 124 Å². The van der Waals surface area contributed by atoms with Crippen LogP contribution >= 0.6 is 0 Å². The minimum atomic E-state index is 0.220. The Morgan fingerprint density at radius 2 is 1.80 bits per heavy atom. The van der Waals surface area contributed by atoms with Crippen molar-refractivity contribution in [3.8, 4) is 0 Å². The second-order valence-electron chi connectivity index (χ2n) is 7.60. The Kier molecular flexibility index (Phi) is 3.90. The van der Waals surface area contributed by atoms with Gasteiger partial charge in [0.1, 0.15) is 0 Å². The highest BCUT2D eigenvalue weighted by Crippen LogP contribution is 2.46. The predicted octanol–water partition coefficient (Wildman–Crippen LogP) is 4.78. The van der Waals surface area contributed by atoms with Gasteiger partial charge in [-0.1, -0.05) is 44.9 Å². The van der Waals surface area contributed by atoms with E-state index < -0.39 is 0 Å². The predicted molar refractivity (Wildman–Crippen MR) is 85.8 cm³/mol. The lowest BCUT2D eigenvalue weighted by molar-refractivity contribution is 0.112. The minimum Gasteiger partial charge on any atom is -0.324 e. The molecule has 2 N–H and O–H groups in total. The van der Waals surface area contributed by atoms with Crippen molar-refractivity contribution in [2.45, 2.75) is 71.3 Å². The zero-order chi connectivity index (χ0) is 14.2. The molecule has 1 saturated carbocycles. The molecule has 20 heavy (non-hydrogen) atoms. The highest BCUT2D eigenvalue weighted by atomic mass is 14.7. The molecule has 0 aromatic heterocycles. The van der Waals surface area contributed by atoms with E-state index in [0.717, 1.165) is 0 Å². The third-order valence-electron chi connectivity index (χ3n) is 5.78. The first-order valence-corrected chi connectivity index (χ1v) is 8.45. The molecular weight excluding hydrogens is 242 g/mol. The molecule has 110 valence electrons. The molecule has 0 bridgehead atoms. The van der Waals surface area contributed by atoms with Gasteiger partial charge in [0.05, 0.1) is 0 Å². The maximum atomic E-state index is 6.68. The molecule has 2 atom stereocenters. The first kappa shape index (κ1) is 14.1. The molecular formula is C19H29N. The van der Waals surface area contributed by atoms with Crippen molar-refractivity contribution in [1.82, 2.24) is 0 Å². The topological polar surface area (TPSA) is 26.0 Å². The van der Waals surface area contributed by atoms with E-state index in [-0.39, 0.29) is 6.04 Å². The molecule has 2 aliphatic rings. The first-order chi connectivity index (χ1) is 9.58. The summed E-state index contributed by atoms with van der Waals surface area (Å²) in [6.07, 6.45) is 10.6. The first-order valence-electron chi connectivity index (χ1n) is 8.45. The van der Waals surface area contributed by atoms with Crippen LogP contribution in [0.25, 0.3) is 0 Å². The summed E-state index contributed by atoms with van der Waals surface area (Å²) in [6.45, 7) is 4.82. The van der Waals surface area contributed by atoms with Crippen LogP contribution in [0.15, 0.2) is 18.2 Å². The van der Waals surface area contributed by atoms with Gasteiger partial charge in [0.25, 0.3) is 0 Å². The Morgan fingerprint density at radius 3 is 2.55 bits per heavy atom. The lowest BCUT2D eigenvalue weighted by atomic mass is 9.65. The third kappa shape index (κ3) is 2.65. The Hall–Kier alpha value is -0.820. The van der Waals surface area contributed by atoms with Crippen LogP contribution in [0.4, 0.5) is 0 Å². The number of hydrogen-bond donors (Lipinski definition) is 1. The smallest absolute Gasteiger partial charge is 0.0328 e. The van der Waals surface area contributed by atoms with E-state index in [0.29, 0.717) is 11.3 Å². The summed E-state index contributed by atoms with van der Waals surface area (Å²) in [4.78, 5) is 0. The average molecular weight is 271 g/mol. The lowest BCUT2D eigenvalue weighted by Gasteiger charge is -2.42. The fourth-order valence-corrected chi connectivity index (χ4v) is 4.38. The number of rotatable bonds is 2. The van der Waals surface area contributed by atoms with Crippen molar-refractivity contribution >= 4 is 0 Å². The minimum absolute atomic E-state index is 0.220. The van der Waals surface area contributed by atoms with Gasteiger partial charge in [-0.15, -0.1) is 0 Å². The lowest BCUT2D eigenvalue weighted by Crippen LogP contribution is -2.36. The molecule has 3 rings (SSSR count). The van der Waals surface area contributed by atoms with E-state index in [1.165, 1.54) is 56.9 Å². The van der Waals surface area contributed by atoms with Crippen molar-refractivity contribution in [3.05, 3.63) is 34.9 Å². The van der Waals surface area contributed by atoms with Crippen LogP contribution in [0.3, 0.4) is 0 Å². The highest BCUT2D eigenvalue weighted by molar-refractivity contribution is 5.35. The Balaban J connectivity index is 1.84. The van der Waals surface area contributed by atoms with E-state index in [4.69, 9.17) is 5.73 Å². The van der Waals surface area contributed by atoms with Crippen LogP contribution in [-0.4, -0.2) is 0 Å².